The van der Waals surface area contributed by atoms with E-state index in [1.165, 1.54) is 0 Å². The van der Waals surface area contributed by atoms with E-state index < -0.39 is 0 Å². The molecular formula is C7H5Br2N3S. The summed E-state index contributed by atoms with van der Waals surface area (Å²) in [5.74, 6) is 0. The number of hydrogen-bond acceptors (Lipinski definition) is 3. The minimum Gasteiger partial charge on any atom is -0.265 e. The molecule has 0 aliphatic rings. The third-order valence-corrected chi connectivity index (χ3v) is 3.31. The van der Waals surface area contributed by atoms with Crippen molar-refractivity contribution in [2.75, 3.05) is 0 Å². The monoisotopic (exact) mass is 321 g/mol. The molecule has 13 heavy (non-hydrogen) atoms. The number of halogens is 2. The maximum Gasteiger partial charge on any atom is 0.128 e. The van der Waals surface area contributed by atoms with Gasteiger partial charge in [-0.3, -0.25) is 4.68 Å². The van der Waals surface area contributed by atoms with Gasteiger partial charge in [-0.25, -0.2) is 4.98 Å². The standard InChI is InChI=1S/C7H5Br2N3S/c8-5-1-2-12(11-5)4-7-10-3-6(9)13-7/h1-3H,4H2. The molecule has 0 radical (unpaired) electrons. The van der Waals surface area contributed by atoms with Gasteiger partial charge in [0, 0.05) is 6.20 Å². The lowest BCUT2D eigenvalue weighted by Crippen LogP contribution is -1.98. The van der Waals surface area contributed by atoms with E-state index in [4.69, 9.17) is 0 Å². The summed E-state index contributed by atoms with van der Waals surface area (Å²) in [4.78, 5) is 4.22. The molecule has 6 heteroatoms. The van der Waals surface area contributed by atoms with Crippen molar-refractivity contribution < 1.29 is 0 Å². The molecule has 0 atom stereocenters. The van der Waals surface area contributed by atoms with Crippen LogP contribution in [-0.2, 0) is 6.54 Å². The molecule has 0 fully saturated rings. The summed E-state index contributed by atoms with van der Waals surface area (Å²) < 4.78 is 3.74. The minimum atomic E-state index is 0.724. The average molecular weight is 323 g/mol. The maximum atomic E-state index is 4.22. The Labute approximate surface area is 96.1 Å². The number of nitrogens with zero attached hydrogens (tertiary/aromatic N) is 3. The van der Waals surface area contributed by atoms with Gasteiger partial charge in [0.25, 0.3) is 0 Å². The fourth-order valence-electron chi connectivity index (χ4n) is 0.925. The summed E-state index contributed by atoms with van der Waals surface area (Å²) in [5, 5.41) is 5.24. The van der Waals surface area contributed by atoms with E-state index in [2.05, 4.69) is 41.9 Å². The summed E-state index contributed by atoms with van der Waals surface area (Å²) in [5.41, 5.74) is 0. The molecule has 0 saturated heterocycles. The van der Waals surface area contributed by atoms with Crippen LogP contribution in [0.25, 0.3) is 0 Å². The Morgan fingerprint density at radius 1 is 1.46 bits per heavy atom. The molecule has 2 aromatic heterocycles. The van der Waals surface area contributed by atoms with Crippen molar-refractivity contribution in [2.24, 2.45) is 0 Å². The van der Waals surface area contributed by atoms with Crippen LogP contribution in [0.3, 0.4) is 0 Å². The summed E-state index contributed by atoms with van der Waals surface area (Å²) >= 11 is 8.28. The van der Waals surface area contributed by atoms with Gasteiger partial charge in [0.15, 0.2) is 0 Å². The molecule has 68 valence electrons. The van der Waals surface area contributed by atoms with Crippen LogP contribution >= 0.6 is 43.2 Å². The highest BCUT2D eigenvalue weighted by atomic mass is 79.9. The van der Waals surface area contributed by atoms with E-state index in [1.54, 1.807) is 17.5 Å². The van der Waals surface area contributed by atoms with Crippen LogP contribution in [0.4, 0.5) is 0 Å². The molecule has 0 amide bonds. The topological polar surface area (TPSA) is 30.7 Å². The van der Waals surface area contributed by atoms with Crippen molar-refractivity contribution >= 4 is 43.2 Å². The fourth-order valence-corrected chi connectivity index (χ4v) is 2.54. The lowest BCUT2D eigenvalue weighted by atomic mass is 10.6. The van der Waals surface area contributed by atoms with Crippen LogP contribution in [0, 0.1) is 0 Å². The molecule has 0 spiro atoms. The SMILES string of the molecule is Brc1ccn(Cc2ncc(Br)s2)n1. The van der Waals surface area contributed by atoms with E-state index >= 15 is 0 Å². The van der Waals surface area contributed by atoms with Crippen LogP contribution < -0.4 is 0 Å². The second-order valence-electron chi connectivity index (χ2n) is 2.39. The first-order chi connectivity index (χ1) is 6.24. The largest absolute Gasteiger partial charge is 0.265 e. The Hall–Kier alpha value is -0.200. The van der Waals surface area contributed by atoms with Gasteiger partial charge in [-0.05, 0) is 37.9 Å². The molecule has 0 aliphatic carbocycles. The number of hydrogen-bond donors (Lipinski definition) is 0. The van der Waals surface area contributed by atoms with E-state index in [0.717, 1.165) is 19.9 Å². The van der Waals surface area contributed by atoms with Crippen molar-refractivity contribution in [3.8, 4) is 0 Å². The van der Waals surface area contributed by atoms with Gasteiger partial charge in [-0.1, -0.05) is 0 Å². The van der Waals surface area contributed by atoms with Crippen LogP contribution in [0.5, 0.6) is 0 Å². The number of rotatable bonds is 2. The van der Waals surface area contributed by atoms with Gasteiger partial charge in [0.1, 0.15) is 9.61 Å². The van der Waals surface area contributed by atoms with E-state index in [1.807, 2.05) is 16.9 Å². The quantitative estimate of drug-likeness (QED) is 0.851. The zero-order valence-corrected chi connectivity index (χ0v) is 10.4. The van der Waals surface area contributed by atoms with E-state index in [0.29, 0.717) is 0 Å². The zero-order chi connectivity index (χ0) is 9.26. The normalized spacial score (nSPS) is 10.6. The molecule has 2 heterocycles. The lowest BCUT2D eigenvalue weighted by Gasteiger charge is -1.94. The van der Waals surface area contributed by atoms with Crippen LogP contribution in [0.1, 0.15) is 5.01 Å². The molecule has 0 aromatic carbocycles. The van der Waals surface area contributed by atoms with Crippen molar-refractivity contribution in [3.63, 3.8) is 0 Å². The van der Waals surface area contributed by atoms with Crippen LogP contribution in [0.2, 0.25) is 0 Å². The summed E-state index contributed by atoms with van der Waals surface area (Å²) in [7, 11) is 0. The van der Waals surface area contributed by atoms with E-state index in [-0.39, 0.29) is 0 Å². The van der Waals surface area contributed by atoms with Gasteiger partial charge in [-0.2, -0.15) is 5.10 Å². The molecule has 0 aliphatic heterocycles. The molecular weight excluding hydrogens is 318 g/mol. The lowest BCUT2D eigenvalue weighted by molar-refractivity contribution is 0.678. The third-order valence-electron chi connectivity index (χ3n) is 1.43. The van der Waals surface area contributed by atoms with Crippen molar-refractivity contribution in [2.45, 2.75) is 6.54 Å². The fraction of sp³-hybridized carbons (Fsp3) is 0.143. The average Bonchev–Trinajstić information content (AvgIpc) is 2.62. The summed E-state index contributed by atoms with van der Waals surface area (Å²) in [6, 6.07) is 1.91. The van der Waals surface area contributed by atoms with Gasteiger partial charge < -0.3 is 0 Å². The summed E-state index contributed by atoms with van der Waals surface area (Å²) in [6.45, 7) is 0.724. The molecule has 3 nitrogen and oxygen atoms in total. The zero-order valence-electron chi connectivity index (χ0n) is 6.44. The highest BCUT2D eigenvalue weighted by molar-refractivity contribution is 9.11. The summed E-state index contributed by atoms with van der Waals surface area (Å²) in [6.07, 6.45) is 3.72. The first-order valence-corrected chi connectivity index (χ1v) is 5.93. The van der Waals surface area contributed by atoms with Gasteiger partial charge in [0.2, 0.25) is 0 Å². The van der Waals surface area contributed by atoms with E-state index in [9.17, 15) is 0 Å². The molecule has 0 bridgehead atoms. The minimum absolute atomic E-state index is 0.724. The van der Waals surface area contributed by atoms with Crippen molar-refractivity contribution in [3.05, 3.63) is 31.9 Å². The van der Waals surface area contributed by atoms with Crippen LogP contribution in [-0.4, -0.2) is 14.8 Å². The maximum absolute atomic E-state index is 4.22. The van der Waals surface area contributed by atoms with Gasteiger partial charge in [-0.15, -0.1) is 11.3 Å². The highest BCUT2D eigenvalue weighted by Crippen LogP contribution is 2.19. The highest BCUT2D eigenvalue weighted by Gasteiger charge is 2.01. The first kappa shape index (κ1) is 9.36. The predicted molar refractivity (Wildman–Crippen MR) is 58.8 cm³/mol. The van der Waals surface area contributed by atoms with Gasteiger partial charge >= 0.3 is 0 Å². The second kappa shape index (κ2) is 3.89. The third kappa shape index (κ3) is 2.38. The number of aromatic nitrogens is 3. The second-order valence-corrected chi connectivity index (χ2v) is 5.70. The molecule has 2 rings (SSSR count). The Morgan fingerprint density at radius 3 is 2.85 bits per heavy atom. The van der Waals surface area contributed by atoms with Crippen LogP contribution in [0.15, 0.2) is 26.8 Å². The molecule has 2 aromatic rings. The smallest absolute Gasteiger partial charge is 0.128 e. The van der Waals surface area contributed by atoms with Crippen molar-refractivity contribution in [1.82, 2.24) is 14.8 Å². The molecule has 0 N–H and O–H groups in total. The Balaban J connectivity index is 2.14. The predicted octanol–water partition coefficient (Wildman–Crippen LogP) is 2.91. The number of thiazole rings is 1. The Bertz CT molecular complexity index is 371. The Kier molecular flexibility index (Phi) is 2.80. The first-order valence-electron chi connectivity index (χ1n) is 3.53. The molecule has 0 unspecified atom stereocenters. The Morgan fingerprint density at radius 2 is 2.31 bits per heavy atom. The van der Waals surface area contributed by atoms with Crippen molar-refractivity contribution in [1.29, 1.82) is 0 Å². The molecule has 0 saturated carbocycles. The van der Waals surface area contributed by atoms with Gasteiger partial charge in [0.05, 0.1) is 16.5 Å².